The minimum absolute atomic E-state index is 0.123. The summed E-state index contributed by atoms with van der Waals surface area (Å²) in [6.45, 7) is 0.369. The normalized spacial score (nSPS) is 19.1. The highest BCUT2D eigenvalue weighted by atomic mass is 16.6. The molecule has 1 aliphatic rings. The van der Waals surface area contributed by atoms with Gasteiger partial charge in [0.15, 0.2) is 29.6 Å². The standard InChI is InChI=1S/C41H41N5O8/c1-49-22-23-52-37-34(48)35(53-40(37)46-25-45-32-38(42)43-24-44-39(32)46)36(33(47)26-10-6-4-7-11-26)54-41(27-12-8-5-9-13-27,28-14-18-30(50-2)19-15-28)29-16-20-31(51-3)21-17-29/h4-21,24-25,34-37,40,48H,22-23H2,1-3H3,(H2,42,43,44)/t34-,35+,36?,37-,40-/m1/s1. The second-order valence-electron chi connectivity index (χ2n) is 12.7. The number of benzene rings is 4. The van der Waals surface area contributed by atoms with Gasteiger partial charge in [0.25, 0.3) is 0 Å². The van der Waals surface area contributed by atoms with Gasteiger partial charge in [0, 0.05) is 12.7 Å². The molecule has 0 saturated carbocycles. The van der Waals surface area contributed by atoms with Crippen molar-refractivity contribution in [1.82, 2.24) is 19.5 Å². The van der Waals surface area contributed by atoms with Crippen LogP contribution in [0.15, 0.2) is 122 Å². The van der Waals surface area contributed by atoms with Crippen molar-refractivity contribution in [2.75, 3.05) is 40.3 Å². The molecule has 1 aliphatic heterocycles. The van der Waals surface area contributed by atoms with Crippen molar-refractivity contribution in [2.24, 2.45) is 0 Å². The lowest BCUT2D eigenvalue weighted by Gasteiger charge is -2.40. The Kier molecular flexibility index (Phi) is 10.9. The van der Waals surface area contributed by atoms with Gasteiger partial charge in [0.2, 0.25) is 0 Å². The number of carbonyl (C=O) groups excluding carboxylic acids is 1. The number of aliphatic hydroxyl groups excluding tert-OH is 1. The third kappa shape index (κ3) is 6.91. The molecule has 54 heavy (non-hydrogen) atoms. The van der Waals surface area contributed by atoms with Gasteiger partial charge in [-0.3, -0.25) is 9.36 Å². The molecule has 0 aliphatic carbocycles. The zero-order valence-corrected chi connectivity index (χ0v) is 30.0. The minimum atomic E-state index is -1.44. The molecule has 2 aromatic heterocycles. The van der Waals surface area contributed by atoms with E-state index in [1.807, 2.05) is 84.9 Å². The van der Waals surface area contributed by atoms with Crippen LogP contribution in [0.4, 0.5) is 5.82 Å². The van der Waals surface area contributed by atoms with Crippen molar-refractivity contribution < 1.29 is 38.3 Å². The summed E-state index contributed by atoms with van der Waals surface area (Å²) in [6.07, 6.45) is -3.28. The number of nitrogens with zero attached hydrogens (tertiary/aromatic N) is 4. The molecule has 0 spiro atoms. The van der Waals surface area contributed by atoms with E-state index < -0.39 is 42.0 Å². The van der Waals surface area contributed by atoms with E-state index in [0.717, 1.165) is 5.56 Å². The summed E-state index contributed by atoms with van der Waals surface area (Å²) in [5, 5.41) is 12.3. The predicted molar refractivity (Wildman–Crippen MR) is 199 cm³/mol. The smallest absolute Gasteiger partial charge is 0.194 e. The molecule has 1 saturated heterocycles. The lowest BCUT2D eigenvalue weighted by molar-refractivity contribution is -0.127. The van der Waals surface area contributed by atoms with Crippen LogP contribution < -0.4 is 15.2 Å². The highest BCUT2D eigenvalue weighted by molar-refractivity contribution is 6.00. The summed E-state index contributed by atoms with van der Waals surface area (Å²) in [7, 11) is 4.74. The molecule has 1 unspecified atom stereocenters. The van der Waals surface area contributed by atoms with E-state index in [1.165, 1.54) is 12.7 Å². The van der Waals surface area contributed by atoms with E-state index in [4.69, 9.17) is 34.2 Å². The topological polar surface area (TPSA) is 162 Å². The molecule has 5 atom stereocenters. The zero-order chi connectivity index (χ0) is 37.7. The molecule has 278 valence electrons. The van der Waals surface area contributed by atoms with Crippen molar-refractivity contribution in [1.29, 1.82) is 0 Å². The lowest BCUT2D eigenvalue weighted by atomic mass is 9.79. The molecule has 3 heterocycles. The van der Waals surface area contributed by atoms with Crippen molar-refractivity contribution in [3.8, 4) is 11.5 Å². The van der Waals surface area contributed by atoms with Crippen molar-refractivity contribution in [2.45, 2.75) is 36.2 Å². The number of ether oxygens (including phenoxy) is 6. The van der Waals surface area contributed by atoms with Crippen LogP contribution in [0.25, 0.3) is 11.2 Å². The van der Waals surface area contributed by atoms with Crippen LogP contribution in [0.5, 0.6) is 11.5 Å². The quantitative estimate of drug-likeness (QED) is 0.0830. The predicted octanol–water partition coefficient (Wildman–Crippen LogP) is 4.98. The van der Waals surface area contributed by atoms with E-state index in [1.54, 1.807) is 50.2 Å². The van der Waals surface area contributed by atoms with E-state index in [-0.39, 0.29) is 19.0 Å². The molecule has 0 radical (unpaired) electrons. The average molecular weight is 732 g/mol. The fourth-order valence-corrected chi connectivity index (χ4v) is 6.91. The van der Waals surface area contributed by atoms with Gasteiger partial charge in [-0.05, 0) is 41.0 Å². The number of anilines is 1. The molecule has 1 fully saturated rings. The number of aliphatic hydroxyl groups is 1. The van der Waals surface area contributed by atoms with Gasteiger partial charge in [0.05, 0.1) is 33.8 Å². The third-order valence-electron chi connectivity index (χ3n) is 9.60. The maximum Gasteiger partial charge on any atom is 0.194 e. The van der Waals surface area contributed by atoms with Crippen LogP contribution in [0.1, 0.15) is 33.3 Å². The van der Waals surface area contributed by atoms with Crippen LogP contribution in [0.2, 0.25) is 0 Å². The van der Waals surface area contributed by atoms with Gasteiger partial charge >= 0.3 is 0 Å². The SMILES string of the molecule is COCCO[C@@H]1[C@H](O)[C@@H](C(OC(c2ccccc2)(c2ccc(OC)cc2)c2ccc(OC)cc2)C(=O)c2ccccc2)O[C@H]1n1cnc2c(N)ncnc21. The number of nitrogens with two attached hydrogens (primary N) is 1. The molecule has 0 amide bonds. The fourth-order valence-electron chi connectivity index (χ4n) is 6.91. The molecular formula is C41H41N5O8. The van der Waals surface area contributed by atoms with E-state index in [0.29, 0.717) is 39.4 Å². The number of ketones is 1. The Morgan fingerprint density at radius 1 is 0.815 bits per heavy atom. The molecule has 3 N–H and O–H groups in total. The van der Waals surface area contributed by atoms with E-state index >= 15 is 0 Å². The first-order valence-electron chi connectivity index (χ1n) is 17.4. The molecule has 6 aromatic rings. The molecule has 13 nitrogen and oxygen atoms in total. The largest absolute Gasteiger partial charge is 0.497 e. The van der Waals surface area contributed by atoms with Gasteiger partial charge in [0.1, 0.15) is 47.3 Å². The monoisotopic (exact) mass is 731 g/mol. The highest BCUT2D eigenvalue weighted by Crippen LogP contribution is 2.45. The zero-order valence-electron chi connectivity index (χ0n) is 30.0. The summed E-state index contributed by atoms with van der Waals surface area (Å²) in [4.78, 5) is 27.9. The molecule has 7 rings (SSSR count). The van der Waals surface area contributed by atoms with Crippen LogP contribution in [0, 0.1) is 0 Å². The number of nitrogen functional groups attached to an aromatic ring is 1. The summed E-state index contributed by atoms with van der Waals surface area (Å²) in [5.41, 5.74) is 7.87. The van der Waals surface area contributed by atoms with Gasteiger partial charge < -0.3 is 39.3 Å². The van der Waals surface area contributed by atoms with Crippen LogP contribution in [0.3, 0.4) is 0 Å². The fraction of sp³-hybridized carbons (Fsp3) is 0.268. The van der Waals surface area contributed by atoms with Gasteiger partial charge in [-0.25, -0.2) is 15.0 Å². The number of fused-ring (bicyclic) bond motifs is 1. The molecule has 4 aromatic carbocycles. The van der Waals surface area contributed by atoms with Crippen LogP contribution >= 0.6 is 0 Å². The Morgan fingerprint density at radius 2 is 1.41 bits per heavy atom. The summed E-state index contributed by atoms with van der Waals surface area (Å²) in [6, 6.07) is 33.3. The summed E-state index contributed by atoms with van der Waals surface area (Å²) in [5.74, 6) is 1.04. The van der Waals surface area contributed by atoms with Gasteiger partial charge in [-0.1, -0.05) is 84.9 Å². The summed E-state index contributed by atoms with van der Waals surface area (Å²) >= 11 is 0. The Hall–Kier alpha value is -5.70. The number of methoxy groups -OCH3 is 3. The Bertz CT molecular complexity index is 2100. The van der Waals surface area contributed by atoms with Crippen LogP contribution in [-0.4, -0.2) is 89.4 Å². The van der Waals surface area contributed by atoms with Crippen molar-refractivity contribution >= 4 is 22.8 Å². The molecular weight excluding hydrogens is 690 g/mol. The van der Waals surface area contributed by atoms with E-state index in [9.17, 15) is 9.90 Å². The maximum atomic E-state index is 15.0. The van der Waals surface area contributed by atoms with Gasteiger partial charge in [-0.2, -0.15) is 0 Å². The van der Waals surface area contributed by atoms with Crippen molar-refractivity contribution in [3.63, 3.8) is 0 Å². The first-order chi connectivity index (χ1) is 26.4. The number of rotatable bonds is 15. The number of aromatic nitrogens is 4. The van der Waals surface area contributed by atoms with Gasteiger partial charge in [-0.15, -0.1) is 0 Å². The Labute approximate surface area is 312 Å². The maximum absolute atomic E-state index is 15.0. The number of imidazole rings is 1. The van der Waals surface area contributed by atoms with Crippen molar-refractivity contribution in [3.05, 3.63) is 144 Å². The first kappa shape index (κ1) is 36.6. The Morgan fingerprint density at radius 3 is 2.00 bits per heavy atom. The molecule has 13 heteroatoms. The second kappa shape index (κ2) is 16.1. The second-order valence-corrected chi connectivity index (χ2v) is 12.7. The number of hydrogen-bond acceptors (Lipinski definition) is 12. The highest BCUT2D eigenvalue weighted by Gasteiger charge is 2.54. The Balaban J connectivity index is 1.42. The average Bonchev–Trinajstić information content (AvgIpc) is 3.80. The van der Waals surface area contributed by atoms with Crippen LogP contribution in [-0.2, 0) is 24.5 Å². The number of carbonyl (C=O) groups is 1. The lowest BCUT2D eigenvalue weighted by Crippen LogP contribution is -2.50. The summed E-state index contributed by atoms with van der Waals surface area (Å²) < 4.78 is 38.3. The first-order valence-corrected chi connectivity index (χ1v) is 17.4. The third-order valence-corrected chi connectivity index (χ3v) is 9.60. The number of hydrogen-bond donors (Lipinski definition) is 2. The minimum Gasteiger partial charge on any atom is -0.497 e. The molecule has 0 bridgehead atoms. The van der Waals surface area contributed by atoms with E-state index in [2.05, 4.69) is 15.0 Å². The number of Topliss-reactive ketones (excluding diaryl/α,β-unsaturated/α-hetero) is 1.